The largest absolute Gasteiger partial charge is 0.497 e. The summed E-state index contributed by atoms with van der Waals surface area (Å²) in [5.41, 5.74) is 11.0. The normalized spacial score (nSPS) is 21.9. The van der Waals surface area contributed by atoms with E-state index < -0.39 is 6.04 Å². The molecule has 4 N–H and O–H groups in total. The van der Waals surface area contributed by atoms with Gasteiger partial charge in [0.1, 0.15) is 18.0 Å². The summed E-state index contributed by atoms with van der Waals surface area (Å²) in [4.78, 5) is 17.3. The van der Waals surface area contributed by atoms with E-state index >= 15 is 0 Å². The summed E-state index contributed by atoms with van der Waals surface area (Å²) in [6.45, 7) is 2.94. The fourth-order valence-electron chi connectivity index (χ4n) is 3.59. The Morgan fingerprint density at radius 1 is 1.03 bits per heavy atom. The van der Waals surface area contributed by atoms with Crippen LogP contribution in [0.2, 0.25) is 5.02 Å². The number of nitrogens with one attached hydrogen (secondary N) is 4. The number of benzene rings is 2. The van der Waals surface area contributed by atoms with Gasteiger partial charge in [-0.15, -0.1) is 0 Å². The van der Waals surface area contributed by atoms with E-state index in [2.05, 4.69) is 38.7 Å². The zero-order valence-corrected chi connectivity index (χ0v) is 16.9. The molecule has 2 heterocycles. The molecule has 2 saturated heterocycles. The molecule has 0 spiro atoms. The molecule has 2 fully saturated rings. The Morgan fingerprint density at radius 3 is 2.38 bits per heavy atom. The van der Waals surface area contributed by atoms with Crippen LogP contribution in [0.1, 0.15) is 0 Å². The Bertz CT molecular complexity index is 824. The molecule has 2 aliphatic rings. The highest BCUT2D eigenvalue weighted by atomic mass is 35.5. The van der Waals surface area contributed by atoms with Crippen LogP contribution in [0.3, 0.4) is 0 Å². The molecule has 0 saturated carbocycles. The maximum absolute atomic E-state index is 13.1. The summed E-state index contributed by atoms with van der Waals surface area (Å²) in [7, 11) is 1.66. The Balaban J connectivity index is 1.33. The number of piperazine rings is 1. The number of nitrogens with zero attached hydrogens (tertiary/aromatic N) is 2. The lowest BCUT2D eigenvalue weighted by molar-refractivity contribution is -0.133. The summed E-state index contributed by atoms with van der Waals surface area (Å²) in [5, 5.41) is 3.99. The molecule has 0 bridgehead atoms. The molecule has 0 aliphatic carbocycles. The SMILES string of the molecule is COc1ccc(N2CCN(C(=O)C3NNNC3Nc3ccc(Cl)cc3)CC2)cc1. The van der Waals surface area contributed by atoms with Crippen LogP contribution in [0.15, 0.2) is 48.5 Å². The molecule has 1 amide bonds. The zero-order chi connectivity index (χ0) is 20.2. The quantitative estimate of drug-likeness (QED) is 0.587. The summed E-state index contributed by atoms with van der Waals surface area (Å²) in [6, 6.07) is 15.0. The first-order valence-corrected chi connectivity index (χ1v) is 9.98. The first-order valence-electron chi connectivity index (χ1n) is 9.60. The van der Waals surface area contributed by atoms with Crippen LogP contribution in [0.4, 0.5) is 11.4 Å². The molecular weight excluding hydrogens is 392 g/mol. The van der Waals surface area contributed by atoms with E-state index in [1.54, 1.807) is 7.11 Å². The van der Waals surface area contributed by atoms with Gasteiger partial charge in [0.05, 0.1) is 7.11 Å². The van der Waals surface area contributed by atoms with Gasteiger partial charge in [0.2, 0.25) is 5.91 Å². The number of amides is 1. The molecule has 29 heavy (non-hydrogen) atoms. The van der Waals surface area contributed by atoms with Crippen molar-refractivity contribution in [2.45, 2.75) is 12.2 Å². The van der Waals surface area contributed by atoms with E-state index in [1.165, 1.54) is 0 Å². The highest BCUT2D eigenvalue weighted by molar-refractivity contribution is 6.30. The summed E-state index contributed by atoms with van der Waals surface area (Å²) >= 11 is 5.94. The van der Waals surface area contributed by atoms with Crippen LogP contribution in [-0.2, 0) is 4.79 Å². The van der Waals surface area contributed by atoms with Crippen molar-refractivity contribution in [1.82, 2.24) is 21.3 Å². The third-order valence-electron chi connectivity index (χ3n) is 5.25. The van der Waals surface area contributed by atoms with Crippen LogP contribution in [0, 0.1) is 0 Å². The van der Waals surface area contributed by atoms with E-state index in [0.29, 0.717) is 18.1 Å². The minimum absolute atomic E-state index is 0.0587. The third-order valence-corrected chi connectivity index (χ3v) is 5.50. The lowest BCUT2D eigenvalue weighted by Crippen LogP contribution is -2.57. The van der Waals surface area contributed by atoms with Crippen LogP contribution >= 0.6 is 11.6 Å². The van der Waals surface area contributed by atoms with Gasteiger partial charge < -0.3 is 19.9 Å². The summed E-state index contributed by atoms with van der Waals surface area (Å²) < 4.78 is 5.22. The Kier molecular flexibility index (Phi) is 6.05. The summed E-state index contributed by atoms with van der Waals surface area (Å²) in [6.07, 6.45) is -0.275. The smallest absolute Gasteiger partial charge is 0.244 e. The van der Waals surface area contributed by atoms with Crippen molar-refractivity contribution < 1.29 is 9.53 Å². The first kappa shape index (κ1) is 19.8. The number of anilines is 2. The van der Waals surface area contributed by atoms with Gasteiger partial charge in [0.25, 0.3) is 0 Å². The van der Waals surface area contributed by atoms with Crippen LogP contribution in [0.25, 0.3) is 0 Å². The molecule has 4 rings (SSSR count). The van der Waals surface area contributed by atoms with Crippen LogP contribution in [0.5, 0.6) is 5.75 Å². The first-order chi connectivity index (χ1) is 14.1. The predicted octanol–water partition coefficient (Wildman–Crippen LogP) is 1.42. The molecule has 2 aromatic rings. The van der Waals surface area contributed by atoms with Gasteiger partial charge in [-0.3, -0.25) is 4.79 Å². The van der Waals surface area contributed by atoms with Crippen molar-refractivity contribution in [1.29, 1.82) is 0 Å². The molecular formula is C20H25ClN6O2. The maximum Gasteiger partial charge on any atom is 0.244 e. The summed E-state index contributed by atoms with van der Waals surface area (Å²) in [5.74, 6) is 0.900. The maximum atomic E-state index is 13.1. The lowest BCUT2D eigenvalue weighted by Gasteiger charge is -2.37. The highest BCUT2D eigenvalue weighted by Crippen LogP contribution is 2.21. The number of rotatable bonds is 5. The number of carbonyl (C=O) groups is 1. The van der Waals surface area contributed by atoms with Gasteiger partial charge in [-0.1, -0.05) is 11.6 Å². The minimum Gasteiger partial charge on any atom is -0.497 e. The molecule has 9 heteroatoms. The van der Waals surface area contributed by atoms with Crippen molar-refractivity contribution in [2.75, 3.05) is 43.5 Å². The fraction of sp³-hybridized carbons (Fsp3) is 0.350. The van der Waals surface area contributed by atoms with E-state index in [-0.39, 0.29) is 12.1 Å². The van der Waals surface area contributed by atoms with Gasteiger partial charge in [-0.25, -0.2) is 10.9 Å². The number of halogens is 1. The Labute approximate surface area is 175 Å². The molecule has 2 aliphatic heterocycles. The Hall–Kier alpha value is -2.52. The monoisotopic (exact) mass is 416 g/mol. The van der Waals surface area contributed by atoms with Crippen molar-refractivity contribution in [3.05, 3.63) is 53.6 Å². The molecule has 2 aromatic carbocycles. The van der Waals surface area contributed by atoms with E-state index in [4.69, 9.17) is 16.3 Å². The third kappa shape index (κ3) is 4.56. The number of hydrogen-bond donors (Lipinski definition) is 4. The van der Waals surface area contributed by atoms with Gasteiger partial charge in [0, 0.05) is 42.6 Å². The van der Waals surface area contributed by atoms with Crippen molar-refractivity contribution in [3.63, 3.8) is 0 Å². The number of hydrazine groups is 2. The predicted molar refractivity (Wildman–Crippen MR) is 114 cm³/mol. The topological polar surface area (TPSA) is 80.9 Å². The van der Waals surface area contributed by atoms with E-state index in [0.717, 1.165) is 30.2 Å². The van der Waals surface area contributed by atoms with Crippen LogP contribution in [-0.4, -0.2) is 56.3 Å². The van der Waals surface area contributed by atoms with E-state index in [1.807, 2.05) is 41.3 Å². The average molecular weight is 417 g/mol. The standard InChI is InChI=1S/C20H25ClN6O2/c1-29-17-8-6-16(7-9-17)26-10-12-27(13-11-26)20(28)18-19(24-25-23-18)22-15-4-2-14(21)3-5-15/h2-9,18-19,22-25H,10-13H2,1H3. The number of ether oxygens (including phenoxy) is 1. The fourth-order valence-corrected chi connectivity index (χ4v) is 3.71. The molecule has 154 valence electrons. The zero-order valence-electron chi connectivity index (χ0n) is 16.2. The number of methoxy groups -OCH3 is 1. The highest BCUT2D eigenvalue weighted by Gasteiger charge is 2.36. The second-order valence-corrected chi connectivity index (χ2v) is 7.47. The van der Waals surface area contributed by atoms with Crippen molar-refractivity contribution in [3.8, 4) is 5.75 Å². The molecule has 0 aromatic heterocycles. The average Bonchev–Trinajstić information content (AvgIpc) is 3.23. The van der Waals surface area contributed by atoms with Gasteiger partial charge in [-0.2, -0.15) is 5.53 Å². The van der Waals surface area contributed by atoms with Crippen LogP contribution < -0.4 is 31.3 Å². The number of hydrogen-bond acceptors (Lipinski definition) is 7. The lowest BCUT2D eigenvalue weighted by atomic mass is 10.1. The Morgan fingerprint density at radius 2 is 1.72 bits per heavy atom. The molecule has 2 unspecified atom stereocenters. The van der Waals surface area contributed by atoms with Gasteiger partial charge in [-0.05, 0) is 48.5 Å². The second kappa shape index (κ2) is 8.87. The molecule has 8 nitrogen and oxygen atoms in total. The van der Waals surface area contributed by atoms with Crippen molar-refractivity contribution in [2.24, 2.45) is 0 Å². The van der Waals surface area contributed by atoms with Gasteiger partial charge >= 0.3 is 0 Å². The van der Waals surface area contributed by atoms with Crippen molar-refractivity contribution >= 4 is 28.9 Å². The van der Waals surface area contributed by atoms with E-state index in [9.17, 15) is 4.79 Å². The molecule has 2 atom stereocenters. The van der Waals surface area contributed by atoms with Gasteiger partial charge in [0.15, 0.2) is 0 Å². The minimum atomic E-state index is -0.418. The molecule has 0 radical (unpaired) electrons. The second-order valence-electron chi connectivity index (χ2n) is 7.03. The number of carbonyl (C=O) groups excluding carboxylic acids is 1.